The van der Waals surface area contributed by atoms with E-state index in [1.54, 1.807) is 0 Å². The first-order valence-electron chi connectivity index (χ1n) is 24.2. The van der Waals surface area contributed by atoms with Gasteiger partial charge < -0.3 is 18.3 Å². The Kier molecular flexibility index (Phi) is 35.2. The molecule has 52 heavy (non-hydrogen) atoms. The SMILES string of the molecule is CCCCCCCC[N+](C)(C)CCCCCCN(CCCCCC[N+](C)(C)CCCCCCCC)CCCCCC[N+](C)(C)CCCCCCCC. The topological polar surface area (TPSA) is 3.24 Å². The Morgan fingerprint density at radius 2 is 0.404 bits per heavy atom. The summed E-state index contributed by atoms with van der Waals surface area (Å²) in [6, 6.07) is 0. The fourth-order valence-electron chi connectivity index (χ4n) is 8.32. The van der Waals surface area contributed by atoms with Crippen LogP contribution in [0.1, 0.15) is 213 Å². The molecule has 0 rings (SSSR count). The van der Waals surface area contributed by atoms with Crippen molar-refractivity contribution in [2.45, 2.75) is 213 Å². The standard InChI is InChI=1S/C48H105N4/c1-10-13-16-19-25-34-43-50(4,5)46-37-28-22-31-40-49(41-32-23-29-38-47-51(6,7)44-35-26-20-17-14-11-2)42-33-24-30-39-48-52(8,9)45-36-27-21-18-15-12-3/h10-48H2,1-9H3/q+3. The highest BCUT2D eigenvalue weighted by molar-refractivity contribution is 4.61. The van der Waals surface area contributed by atoms with Crippen molar-refractivity contribution < 1.29 is 13.4 Å². The molecule has 0 aliphatic heterocycles. The zero-order valence-corrected chi connectivity index (χ0v) is 38.4. The van der Waals surface area contributed by atoms with E-state index in [4.69, 9.17) is 0 Å². The van der Waals surface area contributed by atoms with Gasteiger partial charge in [-0.1, -0.05) is 117 Å². The van der Waals surface area contributed by atoms with Gasteiger partial charge in [0.05, 0.1) is 81.6 Å². The van der Waals surface area contributed by atoms with Crippen LogP contribution in [0.2, 0.25) is 0 Å². The summed E-state index contributed by atoms with van der Waals surface area (Å²) >= 11 is 0. The molecule has 0 aliphatic rings. The van der Waals surface area contributed by atoms with E-state index >= 15 is 0 Å². The first kappa shape index (κ1) is 51.8. The second kappa shape index (κ2) is 35.3. The van der Waals surface area contributed by atoms with Gasteiger partial charge >= 0.3 is 0 Å². The van der Waals surface area contributed by atoms with Crippen molar-refractivity contribution in [2.24, 2.45) is 0 Å². The molecule has 0 heterocycles. The van der Waals surface area contributed by atoms with E-state index in [9.17, 15) is 0 Å². The molecule has 0 saturated heterocycles. The van der Waals surface area contributed by atoms with Crippen LogP contribution in [0.15, 0.2) is 0 Å². The fraction of sp³-hybridized carbons (Fsp3) is 1.00. The highest BCUT2D eigenvalue weighted by atomic mass is 15.3. The van der Waals surface area contributed by atoms with Crippen molar-refractivity contribution in [3.8, 4) is 0 Å². The molecule has 0 atom stereocenters. The van der Waals surface area contributed by atoms with E-state index in [2.05, 4.69) is 68.0 Å². The van der Waals surface area contributed by atoms with E-state index in [0.717, 1.165) is 0 Å². The van der Waals surface area contributed by atoms with Gasteiger partial charge in [-0.25, -0.2) is 0 Å². The maximum atomic E-state index is 2.87. The monoisotopic (exact) mass is 738 g/mol. The molecule has 0 aromatic carbocycles. The summed E-state index contributed by atoms with van der Waals surface area (Å²) in [4.78, 5) is 2.87. The van der Waals surface area contributed by atoms with Crippen LogP contribution in [-0.2, 0) is 0 Å². The third kappa shape index (κ3) is 36.8. The van der Waals surface area contributed by atoms with E-state index in [-0.39, 0.29) is 0 Å². The Morgan fingerprint density at radius 3 is 0.615 bits per heavy atom. The summed E-state index contributed by atoms with van der Waals surface area (Å²) in [7, 11) is 14.8. The van der Waals surface area contributed by atoms with Crippen molar-refractivity contribution in [1.82, 2.24) is 4.90 Å². The number of hydrogen-bond donors (Lipinski definition) is 0. The van der Waals surface area contributed by atoms with Crippen molar-refractivity contribution >= 4 is 0 Å². The molecule has 0 N–H and O–H groups in total. The van der Waals surface area contributed by atoms with E-state index in [0.29, 0.717) is 0 Å². The maximum Gasteiger partial charge on any atom is 0.0782 e. The van der Waals surface area contributed by atoms with Crippen molar-refractivity contribution in [2.75, 3.05) is 101 Å². The smallest absolute Gasteiger partial charge is 0.0782 e. The van der Waals surface area contributed by atoms with E-state index in [1.165, 1.54) is 265 Å². The molecule has 4 nitrogen and oxygen atoms in total. The lowest BCUT2D eigenvalue weighted by Crippen LogP contribution is -2.41. The predicted octanol–water partition coefficient (Wildman–Crippen LogP) is 13.3. The second-order valence-corrected chi connectivity index (χ2v) is 19.5. The van der Waals surface area contributed by atoms with Crippen molar-refractivity contribution in [3.63, 3.8) is 0 Å². The normalized spacial score (nSPS) is 12.8. The van der Waals surface area contributed by atoms with Crippen LogP contribution in [0.5, 0.6) is 0 Å². The number of rotatable bonds is 42. The molecular weight excluding hydrogens is 633 g/mol. The molecule has 4 heteroatoms. The minimum Gasteiger partial charge on any atom is -0.328 e. The van der Waals surface area contributed by atoms with Gasteiger partial charge in [-0.05, 0) is 116 Å². The molecule has 0 saturated carbocycles. The Labute approximate surface area is 332 Å². The second-order valence-electron chi connectivity index (χ2n) is 19.5. The van der Waals surface area contributed by atoms with Crippen LogP contribution >= 0.6 is 0 Å². The summed E-state index contributed by atoms with van der Waals surface area (Å²) in [6.07, 6.45) is 42.5. The van der Waals surface area contributed by atoms with Gasteiger partial charge in [0, 0.05) is 0 Å². The summed E-state index contributed by atoms with van der Waals surface area (Å²) in [5, 5.41) is 0. The fourth-order valence-corrected chi connectivity index (χ4v) is 8.32. The Morgan fingerprint density at radius 1 is 0.231 bits per heavy atom. The number of nitrogens with zero attached hydrogens (tertiary/aromatic N) is 4. The van der Waals surface area contributed by atoms with E-state index in [1.807, 2.05) is 0 Å². The van der Waals surface area contributed by atoms with Crippen molar-refractivity contribution in [3.05, 3.63) is 0 Å². The third-order valence-electron chi connectivity index (χ3n) is 12.3. The van der Waals surface area contributed by atoms with Crippen LogP contribution < -0.4 is 0 Å². The third-order valence-corrected chi connectivity index (χ3v) is 12.3. The Hall–Kier alpha value is -0.160. The molecule has 0 spiro atoms. The minimum atomic E-state index is 1.23. The molecule has 0 fully saturated rings. The van der Waals surface area contributed by atoms with E-state index < -0.39 is 0 Å². The van der Waals surface area contributed by atoms with Gasteiger partial charge in [0.25, 0.3) is 0 Å². The highest BCUT2D eigenvalue weighted by Crippen LogP contribution is 2.15. The summed E-state index contributed by atoms with van der Waals surface area (Å²) < 4.78 is 3.68. The zero-order valence-electron chi connectivity index (χ0n) is 38.4. The van der Waals surface area contributed by atoms with Crippen LogP contribution in [0, 0.1) is 0 Å². The van der Waals surface area contributed by atoms with Crippen LogP contribution in [0.25, 0.3) is 0 Å². The van der Waals surface area contributed by atoms with Crippen LogP contribution in [-0.4, -0.2) is 120 Å². The molecule has 0 unspecified atom stereocenters. The first-order valence-corrected chi connectivity index (χ1v) is 24.2. The molecule has 0 radical (unpaired) electrons. The first-order chi connectivity index (χ1) is 25.0. The Balaban J connectivity index is 4.44. The van der Waals surface area contributed by atoms with Crippen LogP contribution in [0.4, 0.5) is 0 Å². The quantitative estimate of drug-likeness (QED) is 0.0445. The van der Waals surface area contributed by atoms with Gasteiger partial charge in [0.15, 0.2) is 0 Å². The van der Waals surface area contributed by atoms with Gasteiger partial charge in [-0.2, -0.15) is 0 Å². The molecule has 0 amide bonds. The molecule has 0 aromatic rings. The largest absolute Gasteiger partial charge is 0.328 e. The average molecular weight is 738 g/mol. The summed E-state index contributed by atoms with van der Waals surface area (Å²) in [5.41, 5.74) is 0. The van der Waals surface area contributed by atoms with Gasteiger partial charge in [-0.15, -0.1) is 0 Å². The summed E-state index contributed by atoms with van der Waals surface area (Å²) in [5.74, 6) is 0. The summed E-state index contributed by atoms with van der Waals surface area (Å²) in [6.45, 7) is 19.1. The molecule has 0 bridgehead atoms. The molecule has 0 aromatic heterocycles. The number of unbranched alkanes of at least 4 members (excludes halogenated alkanes) is 24. The van der Waals surface area contributed by atoms with Gasteiger partial charge in [0.1, 0.15) is 0 Å². The lowest BCUT2D eigenvalue weighted by Gasteiger charge is -2.30. The Bertz CT molecular complexity index is 622. The molecular formula is C48H105N4+3. The van der Waals surface area contributed by atoms with Crippen LogP contribution in [0.3, 0.4) is 0 Å². The maximum absolute atomic E-state index is 2.87. The lowest BCUT2D eigenvalue weighted by molar-refractivity contribution is -0.890. The van der Waals surface area contributed by atoms with Crippen molar-refractivity contribution in [1.29, 1.82) is 0 Å². The van der Waals surface area contributed by atoms with Gasteiger partial charge in [0.2, 0.25) is 0 Å². The number of quaternary nitrogens is 3. The highest BCUT2D eigenvalue weighted by Gasteiger charge is 2.16. The minimum absolute atomic E-state index is 1.23. The van der Waals surface area contributed by atoms with Gasteiger partial charge in [-0.3, -0.25) is 0 Å². The molecule has 0 aliphatic carbocycles. The average Bonchev–Trinajstić information content (AvgIpc) is 3.09. The zero-order chi connectivity index (χ0) is 38.7. The lowest BCUT2D eigenvalue weighted by atomic mass is 10.1. The predicted molar refractivity (Wildman–Crippen MR) is 237 cm³/mol. The molecule has 314 valence electrons. The number of hydrogen-bond acceptors (Lipinski definition) is 1.